The van der Waals surface area contributed by atoms with Gasteiger partial charge in [-0.05, 0) is 38.0 Å². The summed E-state index contributed by atoms with van der Waals surface area (Å²) in [6, 6.07) is 5.83. The van der Waals surface area contributed by atoms with Gasteiger partial charge in [-0.2, -0.15) is 0 Å². The molecule has 7 heteroatoms. The van der Waals surface area contributed by atoms with Gasteiger partial charge in [-0.1, -0.05) is 12.1 Å². The van der Waals surface area contributed by atoms with Gasteiger partial charge >= 0.3 is 0 Å². The van der Waals surface area contributed by atoms with Crippen molar-refractivity contribution in [2.75, 3.05) is 11.9 Å². The van der Waals surface area contributed by atoms with Crippen molar-refractivity contribution in [2.45, 2.75) is 39.0 Å². The molecular weight excluding hydrogens is 323 g/mol. The number of rotatable bonds is 6. The van der Waals surface area contributed by atoms with E-state index in [0.29, 0.717) is 31.2 Å². The van der Waals surface area contributed by atoms with Crippen LogP contribution in [0.25, 0.3) is 0 Å². The van der Waals surface area contributed by atoms with Gasteiger partial charge in [0.1, 0.15) is 11.9 Å². The molecule has 1 amide bonds. The minimum atomic E-state index is -0.369. The molecule has 1 aromatic carbocycles. The summed E-state index contributed by atoms with van der Waals surface area (Å²) in [7, 11) is 0. The zero-order valence-corrected chi connectivity index (χ0v) is 14.3. The normalized spacial score (nSPS) is 17.2. The van der Waals surface area contributed by atoms with Crippen LogP contribution < -0.4 is 10.1 Å². The molecule has 0 saturated carbocycles. The monoisotopic (exact) mass is 344 g/mol. The zero-order chi connectivity index (χ0) is 17.8. The van der Waals surface area contributed by atoms with Crippen molar-refractivity contribution < 1.29 is 13.9 Å². The number of amides is 1. The number of carbonyl (C=O) groups excluding carboxylic acids is 1. The van der Waals surface area contributed by atoms with Gasteiger partial charge < -0.3 is 15.0 Å². The number of anilines is 1. The molecule has 0 spiro atoms. The van der Waals surface area contributed by atoms with E-state index in [1.165, 1.54) is 12.1 Å². The summed E-state index contributed by atoms with van der Waals surface area (Å²) in [6.45, 7) is 4.91. The van der Waals surface area contributed by atoms with E-state index in [1.807, 2.05) is 13.8 Å². The molecule has 132 valence electrons. The lowest BCUT2D eigenvalue weighted by molar-refractivity contribution is -0.128. The number of nitrogens with zero attached hydrogens (tertiary/aromatic N) is 3. The standard InChI is InChI=1S/C18H21FN4O2/c1-12(2)25-17-16(20-8-9-21-17)22-15-7-10-23(18(15)24)11-13-3-5-14(19)6-4-13/h3-6,8-9,12,15H,7,10-11H2,1-2H3,(H,20,22). The third kappa shape index (κ3) is 4.23. The van der Waals surface area contributed by atoms with Gasteiger partial charge in [0, 0.05) is 25.5 Å². The molecule has 2 heterocycles. The van der Waals surface area contributed by atoms with E-state index in [0.717, 1.165) is 5.56 Å². The Morgan fingerprint density at radius 1 is 1.28 bits per heavy atom. The predicted octanol–water partition coefficient (Wildman–Crippen LogP) is 2.62. The highest BCUT2D eigenvalue weighted by Gasteiger charge is 2.32. The van der Waals surface area contributed by atoms with Crippen LogP contribution in [0.5, 0.6) is 5.88 Å². The molecular formula is C18H21FN4O2. The average Bonchev–Trinajstić information content (AvgIpc) is 2.91. The van der Waals surface area contributed by atoms with Crippen LogP contribution in [0.15, 0.2) is 36.7 Å². The van der Waals surface area contributed by atoms with E-state index < -0.39 is 0 Å². The van der Waals surface area contributed by atoms with Gasteiger partial charge in [0.2, 0.25) is 5.91 Å². The summed E-state index contributed by atoms with van der Waals surface area (Å²) in [5.41, 5.74) is 0.902. The summed E-state index contributed by atoms with van der Waals surface area (Å²) in [5.74, 6) is 0.572. The van der Waals surface area contributed by atoms with Crippen LogP contribution in [-0.2, 0) is 11.3 Å². The highest BCUT2D eigenvalue weighted by Crippen LogP contribution is 2.24. The first-order valence-electron chi connectivity index (χ1n) is 8.30. The van der Waals surface area contributed by atoms with Crippen LogP contribution in [-0.4, -0.2) is 39.5 Å². The molecule has 3 rings (SSSR count). The lowest BCUT2D eigenvalue weighted by atomic mass is 10.2. The topological polar surface area (TPSA) is 67.4 Å². The van der Waals surface area contributed by atoms with Crippen LogP contribution in [0.3, 0.4) is 0 Å². The number of carbonyl (C=O) groups is 1. The SMILES string of the molecule is CC(C)Oc1nccnc1NC1CCN(Cc2ccc(F)cc2)C1=O. The van der Waals surface area contributed by atoms with Crippen LogP contribution >= 0.6 is 0 Å². The molecule has 25 heavy (non-hydrogen) atoms. The fourth-order valence-corrected chi connectivity index (χ4v) is 2.74. The van der Waals surface area contributed by atoms with Crippen LogP contribution in [0, 0.1) is 5.82 Å². The average molecular weight is 344 g/mol. The molecule has 1 aliphatic heterocycles. The highest BCUT2D eigenvalue weighted by molar-refractivity contribution is 5.86. The number of nitrogens with one attached hydrogen (secondary N) is 1. The number of ether oxygens (including phenoxy) is 1. The maximum absolute atomic E-state index is 13.0. The summed E-state index contributed by atoms with van der Waals surface area (Å²) in [4.78, 5) is 22.8. The first-order valence-corrected chi connectivity index (χ1v) is 8.30. The molecule has 2 aromatic rings. The second-order valence-corrected chi connectivity index (χ2v) is 6.25. The molecule has 1 N–H and O–H groups in total. The molecule has 1 saturated heterocycles. The largest absolute Gasteiger partial charge is 0.472 e. The Morgan fingerprint density at radius 2 is 2.00 bits per heavy atom. The maximum Gasteiger partial charge on any atom is 0.257 e. The molecule has 1 atom stereocenters. The Balaban J connectivity index is 1.65. The molecule has 1 aliphatic rings. The molecule has 1 unspecified atom stereocenters. The second kappa shape index (κ2) is 7.46. The first kappa shape index (κ1) is 17.1. The van der Waals surface area contributed by atoms with Gasteiger partial charge in [-0.25, -0.2) is 14.4 Å². The molecule has 0 bridgehead atoms. The Morgan fingerprint density at radius 3 is 2.72 bits per heavy atom. The quantitative estimate of drug-likeness (QED) is 0.872. The second-order valence-electron chi connectivity index (χ2n) is 6.25. The van der Waals surface area contributed by atoms with Gasteiger partial charge in [0.25, 0.3) is 5.88 Å². The van der Waals surface area contributed by atoms with Gasteiger partial charge in [0.15, 0.2) is 5.82 Å². The van der Waals surface area contributed by atoms with Crippen molar-refractivity contribution in [1.82, 2.24) is 14.9 Å². The lowest BCUT2D eigenvalue weighted by Gasteiger charge is -2.18. The molecule has 6 nitrogen and oxygen atoms in total. The van der Waals surface area contributed by atoms with Crippen molar-refractivity contribution in [1.29, 1.82) is 0 Å². The number of likely N-dealkylation sites (tertiary alicyclic amines) is 1. The van der Waals surface area contributed by atoms with E-state index in [2.05, 4.69) is 15.3 Å². The third-order valence-corrected chi connectivity index (χ3v) is 3.91. The number of hydrogen-bond donors (Lipinski definition) is 1. The van der Waals surface area contributed by atoms with E-state index in [-0.39, 0.29) is 23.9 Å². The lowest BCUT2D eigenvalue weighted by Crippen LogP contribution is -2.33. The van der Waals surface area contributed by atoms with Crippen molar-refractivity contribution in [3.05, 3.63) is 48.0 Å². The van der Waals surface area contributed by atoms with E-state index in [9.17, 15) is 9.18 Å². The molecule has 0 aliphatic carbocycles. The number of aromatic nitrogens is 2. The third-order valence-electron chi connectivity index (χ3n) is 3.91. The van der Waals surface area contributed by atoms with Crippen molar-refractivity contribution in [2.24, 2.45) is 0 Å². The Kier molecular flexibility index (Phi) is 5.11. The predicted molar refractivity (Wildman–Crippen MR) is 91.6 cm³/mol. The van der Waals surface area contributed by atoms with Gasteiger partial charge in [-0.15, -0.1) is 0 Å². The number of halogens is 1. The minimum absolute atomic E-state index is 0.00882. The summed E-state index contributed by atoms with van der Waals surface area (Å²) in [6.07, 6.45) is 3.75. The maximum atomic E-state index is 13.0. The summed E-state index contributed by atoms with van der Waals surface area (Å²) >= 11 is 0. The van der Waals surface area contributed by atoms with Crippen molar-refractivity contribution in [3.8, 4) is 5.88 Å². The summed E-state index contributed by atoms with van der Waals surface area (Å²) in [5, 5.41) is 3.14. The van der Waals surface area contributed by atoms with E-state index in [1.54, 1.807) is 29.4 Å². The fourth-order valence-electron chi connectivity index (χ4n) is 2.74. The first-order chi connectivity index (χ1) is 12.0. The van der Waals surface area contributed by atoms with Crippen molar-refractivity contribution in [3.63, 3.8) is 0 Å². The van der Waals surface area contributed by atoms with Gasteiger partial charge in [-0.3, -0.25) is 4.79 Å². The van der Waals surface area contributed by atoms with Crippen LogP contribution in [0.4, 0.5) is 10.2 Å². The van der Waals surface area contributed by atoms with Gasteiger partial charge in [0.05, 0.1) is 6.10 Å². The minimum Gasteiger partial charge on any atom is -0.472 e. The Labute approximate surface area is 146 Å². The number of hydrogen-bond acceptors (Lipinski definition) is 5. The zero-order valence-electron chi connectivity index (χ0n) is 14.3. The van der Waals surface area contributed by atoms with Crippen molar-refractivity contribution >= 4 is 11.7 Å². The van der Waals surface area contributed by atoms with E-state index >= 15 is 0 Å². The fraction of sp³-hybridized carbons (Fsp3) is 0.389. The van der Waals surface area contributed by atoms with Crippen LogP contribution in [0.2, 0.25) is 0 Å². The number of benzene rings is 1. The summed E-state index contributed by atoms with van der Waals surface area (Å²) < 4.78 is 18.6. The Bertz CT molecular complexity index is 736. The van der Waals surface area contributed by atoms with Crippen LogP contribution in [0.1, 0.15) is 25.8 Å². The highest BCUT2D eigenvalue weighted by atomic mass is 19.1. The molecule has 0 radical (unpaired) electrons. The Hall–Kier alpha value is -2.70. The molecule has 1 aromatic heterocycles. The van der Waals surface area contributed by atoms with E-state index in [4.69, 9.17) is 4.74 Å². The smallest absolute Gasteiger partial charge is 0.257 e. The molecule has 1 fully saturated rings.